The first-order valence-electron chi connectivity index (χ1n) is 7.77. The monoisotopic (exact) mass is 318 g/mol. The van der Waals surface area contributed by atoms with E-state index in [1.54, 1.807) is 23.0 Å². The standard InChI is InChI=1S/C19H18N4O/c1-2-16-15-17(7-8-18(16)23-14-6-10-21-23)19(24)20-9-5-13-22-11-3-4-12-22/h1,3-4,6-8,10-12,14-15H,5,9,13H2,(H,20,24). The number of rotatable bonds is 6. The normalized spacial score (nSPS) is 10.3. The zero-order valence-electron chi connectivity index (χ0n) is 13.2. The van der Waals surface area contributed by atoms with E-state index in [9.17, 15) is 4.79 Å². The van der Waals surface area contributed by atoms with Gasteiger partial charge in [0.25, 0.3) is 5.91 Å². The fraction of sp³-hybridized carbons (Fsp3) is 0.158. The Kier molecular flexibility index (Phi) is 4.78. The molecule has 2 heterocycles. The van der Waals surface area contributed by atoms with Crippen LogP contribution in [0.4, 0.5) is 0 Å². The highest BCUT2D eigenvalue weighted by Gasteiger charge is 2.09. The van der Waals surface area contributed by atoms with Crippen LogP contribution in [0.25, 0.3) is 5.69 Å². The van der Waals surface area contributed by atoms with Crippen molar-refractivity contribution in [2.45, 2.75) is 13.0 Å². The van der Waals surface area contributed by atoms with Crippen LogP contribution in [0.1, 0.15) is 22.3 Å². The molecule has 0 saturated carbocycles. The van der Waals surface area contributed by atoms with Crippen molar-refractivity contribution < 1.29 is 4.79 Å². The Labute approximate surface area is 140 Å². The summed E-state index contributed by atoms with van der Waals surface area (Å²) in [6.45, 7) is 1.49. The number of aryl methyl sites for hydroxylation is 1. The van der Waals surface area contributed by atoms with Gasteiger partial charge in [-0.3, -0.25) is 4.79 Å². The molecule has 1 N–H and O–H groups in total. The van der Waals surface area contributed by atoms with Crippen LogP contribution in [0.15, 0.2) is 61.2 Å². The number of nitrogens with one attached hydrogen (secondary N) is 1. The number of amides is 1. The Morgan fingerprint density at radius 3 is 2.75 bits per heavy atom. The second-order valence-electron chi connectivity index (χ2n) is 5.36. The number of carbonyl (C=O) groups excluding carboxylic acids is 1. The zero-order chi connectivity index (χ0) is 16.8. The fourth-order valence-electron chi connectivity index (χ4n) is 2.49. The first-order chi connectivity index (χ1) is 11.8. The third-order valence-corrected chi connectivity index (χ3v) is 3.71. The highest BCUT2D eigenvalue weighted by molar-refractivity contribution is 5.94. The van der Waals surface area contributed by atoms with Crippen LogP contribution in [-0.2, 0) is 6.54 Å². The quantitative estimate of drug-likeness (QED) is 0.561. The van der Waals surface area contributed by atoms with E-state index in [0.717, 1.165) is 18.7 Å². The molecule has 0 aliphatic rings. The van der Waals surface area contributed by atoms with Gasteiger partial charge in [0.15, 0.2) is 0 Å². The van der Waals surface area contributed by atoms with Gasteiger partial charge in [-0.05, 0) is 42.8 Å². The summed E-state index contributed by atoms with van der Waals surface area (Å²) < 4.78 is 3.77. The summed E-state index contributed by atoms with van der Waals surface area (Å²) in [5.74, 6) is 2.50. The zero-order valence-corrected chi connectivity index (χ0v) is 13.2. The second kappa shape index (κ2) is 7.34. The molecule has 120 valence electrons. The van der Waals surface area contributed by atoms with Crippen LogP contribution < -0.4 is 5.32 Å². The van der Waals surface area contributed by atoms with Gasteiger partial charge in [0.05, 0.1) is 11.3 Å². The molecule has 0 bridgehead atoms. The Morgan fingerprint density at radius 1 is 1.21 bits per heavy atom. The van der Waals surface area contributed by atoms with Crippen LogP contribution >= 0.6 is 0 Å². The molecule has 3 aromatic rings. The summed E-state index contributed by atoms with van der Waals surface area (Å²) in [5.41, 5.74) is 1.98. The van der Waals surface area contributed by atoms with Crippen molar-refractivity contribution >= 4 is 5.91 Å². The molecule has 0 atom stereocenters. The molecular weight excluding hydrogens is 300 g/mol. The molecule has 0 saturated heterocycles. The maximum atomic E-state index is 12.3. The number of nitrogens with zero attached hydrogens (tertiary/aromatic N) is 3. The van der Waals surface area contributed by atoms with Crippen molar-refractivity contribution in [1.29, 1.82) is 0 Å². The van der Waals surface area contributed by atoms with E-state index >= 15 is 0 Å². The number of carbonyl (C=O) groups is 1. The summed E-state index contributed by atoms with van der Waals surface area (Å²) in [5, 5.41) is 7.10. The van der Waals surface area contributed by atoms with Crippen LogP contribution in [0, 0.1) is 12.3 Å². The first-order valence-corrected chi connectivity index (χ1v) is 7.77. The Morgan fingerprint density at radius 2 is 2.04 bits per heavy atom. The molecule has 0 aliphatic carbocycles. The van der Waals surface area contributed by atoms with Gasteiger partial charge in [-0.15, -0.1) is 6.42 Å². The molecule has 0 spiro atoms. The van der Waals surface area contributed by atoms with Gasteiger partial charge in [-0.2, -0.15) is 5.10 Å². The van der Waals surface area contributed by atoms with Crippen molar-refractivity contribution in [1.82, 2.24) is 19.7 Å². The lowest BCUT2D eigenvalue weighted by Gasteiger charge is -2.09. The van der Waals surface area contributed by atoms with Gasteiger partial charge in [-0.1, -0.05) is 5.92 Å². The molecule has 1 aromatic carbocycles. The molecular formula is C19H18N4O. The van der Waals surface area contributed by atoms with Gasteiger partial charge in [-0.25, -0.2) is 4.68 Å². The number of terminal acetylenes is 1. The van der Waals surface area contributed by atoms with Crippen LogP contribution in [-0.4, -0.2) is 26.8 Å². The van der Waals surface area contributed by atoms with E-state index in [0.29, 0.717) is 17.7 Å². The maximum Gasteiger partial charge on any atom is 0.251 e. The highest BCUT2D eigenvalue weighted by atomic mass is 16.1. The van der Waals surface area contributed by atoms with Crippen LogP contribution in [0.3, 0.4) is 0 Å². The summed E-state index contributed by atoms with van der Waals surface area (Å²) in [6, 6.07) is 11.1. The molecule has 0 unspecified atom stereocenters. The molecule has 5 nitrogen and oxygen atoms in total. The molecule has 2 aromatic heterocycles. The number of aromatic nitrogens is 3. The second-order valence-corrected chi connectivity index (χ2v) is 5.36. The minimum Gasteiger partial charge on any atom is -0.354 e. The van der Waals surface area contributed by atoms with Gasteiger partial charge in [0, 0.05) is 43.4 Å². The summed E-state index contributed by atoms with van der Waals surface area (Å²) in [7, 11) is 0. The molecule has 0 aliphatic heterocycles. The predicted molar refractivity (Wildman–Crippen MR) is 92.9 cm³/mol. The third kappa shape index (κ3) is 3.55. The lowest BCUT2D eigenvalue weighted by atomic mass is 10.1. The molecule has 0 radical (unpaired) electrons. The lowest BCUT2D eigenvalue weighted by Crippen LogP contribution is -2.25. The van der Waals surface area contributed by atoms with Gasteiger partial charge in [0.2, 0.25) is 0 Å². The van der Waals surface area contributed by atoms with Crippen molar-refractivity contribution in [3.8, 4) is 18.0 Å². The number of benzene rings is 1. The first kappa shape index (κ1) is 15.6. The lowest BCUT2D eigenvalue weighted by molar-refractivity contribution is 0.0952. The number of hydrogen-bond acceptors (Lipinski definition) is 2. The predicted octanol–water partition coefficient (Wildman–Crippen LogP) is 2.48. The SMILES string of the molecule is C#Cc1cc(C(=O)NCCCn2cccc2)ccc1-n1cccn1. The van der Waals surface area contributed by atoms with Gasteiger partial charge < -0.3 is 9.88 Å². The van der Waals surface area contributed by atoms with Gasteiger partial charge in [0.1, 0.15) is 0 Å². The van der Waals surface area contributed by atoms with Crippen molar-refractivity contribution in [3.05, 3.63) is 72.3 Å². The average molecular weight is 318 g/mol. The van der Waals surface area contributed by atoms with E-state index in [-0.39, 0.29) is 5.91 Å². The highest BCUT2D eigenvalue weighted by Crippen LogP contribution is 2.15. The van der Waals surface area contributed by atoms with Crippen LogP contribution in [0.5, 0.6) is 0 Å². The maximum absolute atomic E-state index is 12.3. The van der Waals surface area contributed by atoms with Gasteiger partial charge >= 0.3 is 0 Å². The Hall–Kier alpha value is -3.26. The summed E-state index contributed by atoms with van der Waals surface area (Å²) in [6.07, 6.45) is 14.0. The molecule has 3 rings (SSSR count). The van der Waals surface area contributed by atoms with E-state index in [2.05, 4.69) is 20.9 Å². The summed E-state index contributed by atoms with van der Waals surface area (Å²) >= 11 is 0. The topological polar surface area (TPSA) is 51.9 Å². The molecule has 1 amide bonds. The van der Waals surface area contributed by atoms with E-state index in [1.165, 1.54) is 0 Å². The average Bonchev–Trinajstić information content (AvgIpc) is 3.31. The molecule has 5 heteroatoms. The van der Waals surface area contributed by atoms with E-state index in [1.807, 2.05) is 42.9 Å². The molecule has 0 fully saturated rings. The van der Waals surface area contributed by atoms with Crippen molar-refractivity contribution in [3.63, 3.8) is 0 Å². The minimum absolute atomic E-state index is 0.119. The van der Waals surface area contributed by atoms with E-state index < -0.39 is 0 Å². The minimum atomic E-state index is -0.119. The third-order valence-electron chi connectivity index (χ3n) is 3.71. The Bertz CT molecular complexity index is 842. The smallest absolute Gasteiger partial charge is 0.251 e. The fourth-order valence-corrected chi connectivity index (χ4v) is 2.49. The van der Waals surface area contributed by atoms with Crippen molar-refractivity contribution in [2.24, 2.45) is 0 Å². The van der Waals surface area contributed by atoms with Crippen LogP contribution in [0.2, 0.25) is 0 Å². The number of hydrogen-bond donors (Lipinski definition) is 1. The largest absolute Gasteiger partial charge is 0.354 e. The molecule has 24 heavy (non-hydrogen) atoms. The van der Waals surface area contributed by atoms with Crippen molar-refractivity contribution in [2.75, 3.05) is 6.54 Å². The van der Waals surface area contributed by atoms with E-state index in [4.69, 9.17) is 6.42 Å². The Balaban J connectivity index is 1.62. The summed E-state index contributed by atoms with van der Waals surface area (Å²) in [4.78, 5) is 12.3.